The van der Waals surface area contributed by atoms with Crippen molar-refractivity contribution < 1.29 is 4.74 Å². The quantitative estimate of drug-likeness (QED) is 0.724. The van der Waals surface area contributed by atoms with E-state index < -0.39 is 0 Å². The molecule has 0 radical (unpaired) electrons. The van der Waals surface area contributed by atoms with Gasteiger partial charge in [-0.05, 0) is 36.5 Å². The molecule has 1 aromatic rings. The monoisotopic (exact) mass is 341 g/mol. The van der Waals surface area contributed by atoms with Crippen LogP contribution < -0.4 is 5.32 Å². The average Bonchev–Trinajstić information content (AvgIpc) is 3.27. The molecule has 0 aromatic heterocycles. The zero-order valence-corrected chi connectivity index (χ0v) is 15.6. The van der Waals surface area contributed by atoms with Gasteiger partial charge in [-0.15, -0.1) is 0 Å². The van der Waals surface area contributed by atoms with Crippen molar-refractivity contribution in [2.75, 3.05) is 19.5 Å². The number of thioether (sulfide) groups is 1. The maximum absolute atomic E-state index is 6.00. The molecule has 22 heavy (non-hydrogen) atoms. The Bertz CT molecular complexity index is 453. The first-order valence-electron chi connectivity index (χ1n) is 8.03. The number of methoxy groups -OCH3 is 1. The van der Waals surface area contributed by atoms with Crippen molar-refractivity contribution in [3.8, 4) is 0 Å². The summed E-state index contributed by atoms with van der Waals surface area (Å²) >= 11 is 8.05. The normalized spacial score (nSPS) is 18.2. The Kier molecular flexibility index (Phi) is 6.63. The van der Waals surface area contributed by atoms with Crippen molar-refractivity contribution in [2.24, 2.45) is 5.92 Å². The van der Waals surface area contributed by atoms with Gasteiger partial charge in [-0.3, -0.25) is 0 Å². The third kappa shape index (κ3) is 6.11. The van der Waals surface area contributed by atoms with Crippen LogP contribution in [0.25, 0.3) is 0 Å². The highest BCUT2D eigenvalue weighted by atomic mass is 35.5. The van der Waals surface area contributed by atoms with Crippen LogP contribution in [0.4, 0.5) is 0 Å². The molecular weight excluding hydrogens is 314 g/mol. The van der Waals surface area contributed by atoms with Crippen molar-refractivity contribution in [1.82, 2.24) is 5.32 Å². The summed E-state index contributed by atoms with van der Waals surface area (Å²) in [6, 6.07) is 8.89. The summed E-state index contributed by atoms with van der Waals surface area (Å²) in [5, 5.41) is 4.62. The van der Waals surface area contributed by atoms with Gasteiger partial charge in [0.1, 0.15) is 0 Å². The number of hydrogen-bond acceptors (Lipinski definition) is 3. The highest BCUT2D eigenvalue weighted by Crippen LogP contribution is 2.37. The minimum absolute atomic E-state index is 0.230. The fourth-order valence-corrected chi connectivity index (χ4v) is 3.69. The van der Waals surface area contributed by atoms with Gasteiger partial charge in [0.2, 0.25) is 0 Å². The van der Waals surface area contributed by atoms with Gasteiger partial charge < -0.3 is 10.1 Å². The van der Waals surface area contributed by atoms with Gasteiger partial charge >= 0.3 is 0 Å². The zero-order valence-electron chi connectivity index (χ0n) is 14.1. The van der Waals surface area contributed by atoms with E-state index in [0.29, 0.717) is 17.4 Å². The van der Waals surface area contributed by atoms with Gasteiger partial charge in [-0.1, -0.05) is 44.5 Å². The molecule has 1 aliphatic carbocycles. The molecule has 0 saturated heterocycles. The fraction of sp³-hybridized carbons (Fsp3) is 0.667. The van der Waals surface area contributed by atoms with Crippen LogP contribution in [0, 0.1) is 5.92 Å². The van der Waals surface area contributed by atoms with E-state index in [1.807, 2.05) is 23.9 Å². The first-order valence-corrected chi connectivity index (χ1v) is 9.40. The first kappa shape index (κ1) is 18.1. The fourth-order valence-electron chi connectivity index (χ4n) is 2.52. The van der Waals surface area contributed by atoms with Crippen molar-refractivity contribution in [1.29, 1.82) is 0 Å². The second-order valence-electron chi connectivity index (χ2n) is 7.09. The molecule has 1 aliphatic rings. The van der Waals surface area contributed by atoms with E-state index in [4.69, 9.17) is 16.3 Å². The second kappa shape index (κ2) is 8.05. The van der Waals surface area contributed by atoms with Crippen LogP contribution in [0.1, 0.15) is 45.2 Å². The Morgan fingerprint density at radius 2 is 1.91 bits per heavy atom. The molecule has 1 aromatic carbocycles. The summed E-state index contributed by atoms with van der Waals surface area (Å²) in [5.74, 6) is 1.98. The summed E-state index contributed by atoms with van der Waals surface area (Å²) < 4.78 is 5.74. The van der Waals surface area contributed by atoms with E-state index in [1.54, 1.807) is 7.11 Å². The van der Waals surface area contributed by atoms with E-state index in [2.05, 4.69) is 38.2 Å². The Morgan fingerprint density at radius 1 is 1.27 bits per heavy atom. The summed E-state index contributed by atoms with van der Waals surface area (Å²) in [5.41, 5.74) is 1.25. The minimum Gasteiger partial charge on any atom is -0.383 e. The molecule has 4 heteroatoms. The first-order chi connectivity index (χ1) is 10.4. The Balaban J connectivity index is 2.01. The molecule has 2 nitrogen and oxygen atoms in total. The van der Waals surface area contributed by atoms with E-state index in [-0.39, 0.29) is 6.04 Å². The second-order valence-corrected chi connectivity index (χ2v) is 9.38. The number of hydrogen-bond donors (Lipinski definition) is 1. The van der Waals surface area contributed by atoms with Crippen LogP contribution in [-0.2, 0) is 4.74 Å². The van der Waals surface area contributed by atoms with Gasteiger partial charge in [-0.2, -0.15) is 11.8 Å². The van der Waals surface area contributed by atoms with Crippen LogP contribution in [0.5, 0.6) is 0 Å². The molecule has 0 bridgehead atoms. The summed E-state index contributed by atoms with van der Waals surface area (Å²) in [7, 11) is 1.76. The molecule has 1 unspecified atom stereocenters. The van der Waals surface area contributed by atoms with E-state index in [1.165, 1.54) is 18.4 Å². The number of rotatable bonds is 8. The number of benzene rings is 1. The largest absolute Gasteiger partial charge is 0.383 e. The Hall–Kier alpha value is -0.220. The van der Waals surface area contributed by atoms with Crippen LogP contribution >= 0.6 is 23.4 Å². The van der Waals surface area contributed by atoms with Crippen LogP contribution in [-0.4, -0.2) is 30.3 Å². The molecule has 0 heterocycles. The van der Waals surface area contributed by atoms with E-state index in [9.17, 15) is 0 Å². The summed E-state index contributed by atoms with van der Waals surface area (Å²) in [6.07, 6.45) is 2.70. The maximum Gasteiger partial charge on any atom is 0.0657 e. The molecule has 0 spiro atoms. The van der Waals surface area contributed by atoms with Gasteiger partial charge in [0.05, 0.1) is 12.6 Å². The lowest BCUT2D eigenvalue weighted by Crippen LogP contribution is -2.39. The molecule has 0 aliphatic heterocycles. The minimum atomic E-state index is 0.230. The molecular formula is C18H28ClNOS. The summed E-state index contributed by atoms with van der Waals surface area (Å²) in [6.45, 7) is 7.54. The average molecular weight is 342 g/mol. The van der Waals surface area contributed by atoms with Crippen LogP contribution in [0.15, 0.2) is 24.3 Å². The van der Waals surface area contributed by atoms with E-state index in [0.717, 1.165) is 16.7 Å². The number of ether oxygens (including phenoxy) is 1. The Labute approximate surface area is 144 Å². The van der Waals surface area contributed by atoms with Crippen molar-refractivity contribution in [3.63, 3.8) is 0 Å². The Morgan fingerprint density at radius 3 is 2.41 bits per heavy atom. The lowest BCUT2D eigenvalue weighted by molar-refractivity contribution is 0.160. The molecule has 1 saturated carbocycles. The van der Waals surface area contributed by atoms with E-state index >= 15 is 0 Å². The predicted molar refractivity (Wildman–Crippen MR) is 97.9 cm³/mol. The van der Waals surface area contributed by atoms with Crippen LogP contribution in [0.3, 0.4) is 0 Å². The standard InChI is InChI=1S/C18H28ClNOS/c1-18(2,3)22-12-17(14-5-6-14)20-16(11-21-4)13-7-9-15(19)10-8-13/h7-10,14,16-17,20H,5-6,11-12H2,1-4H3/t16-,17?/m0/s1. The third-order valence-corrected chi connectivity index (χ3v) is 5.55. The predicted octanol–water partition coefficient (Wildman–Crippen LogP) is 4.93. The smallest absolute Gasteiger partial charge is 0.0657 e. The molecule has 1 N–H and O–H groups in total. The van der Waals surface area contributed by atoms with Crippen molar-refractivity contribution in [2.45, 2.75) is 50.4 Å². The molecule has 2 rings (SSSR count). The van der Waals surface area contributed by atoms with Crippen molar-refractivity contribution in [3.05, 3.63) is 34.9 Å². The summed E-state index contributed by atoms with van der Waals surface area (Å²) in [4.78, 5) is 0. The molecule has 0 amide bonds. The van der Waals surface area contributed by atoms with Gasteiger partial charge in [0.15, 0.2) is 0 Å². The SMILES string of the molecule is COC[C@H](NC(CSC(C)(C)C)C1CC1)c1ccc(Cl)cc1. The molecule has 124 valence electrons. The zero-order chi connectivity index (χ0) is 16.2. The lowest BCUT2D eigenvalue weighted by Gasteiger charge is -2.28. The molecule has 2 atom stereocenters. The highest BCUT2D eigenvalue weighted by Gasteiger charge is 2.33. The number of halogens is 1. The lowest BCUT2D eigenvalue weighted by atomic mass is 10.1. The maximum atomic E-state index is 6.00. The van der Waals surface area contributed by atoms with Gasteiger partial charge in [0, 0.05) is 28.7 Å². The van der Waals surface area contributed by atoms with Crippen molar-refractivity contribution >= 4 is 23.4 Å². The van der Waals surface area contributed by atoms with Gasteiger partial charge in [0.25, 0.3) is 0 Å². The van der Waals surface area contributed by atoms with Crippen LogP contribution in [0.2, 0.25) is 5.02 Å². The third-order valence-electron chi connectivity index (χ3n) is 3.91. The number of nitrogens with one attached hydrogen (secondary N) is 1. The highest BCUT2D eigenvalue weighted by molar-refractivity contribution is 8.00. The molecule has 1 fully saturated rings. The topological polar surface area (TPSA) is 21.3 Å². The van der Waals surface area contributed by atoms with Gasteiger partial charge in [-0.25, -0.2) is 0 Å².